The third-order valence-electron chi connectivity index (χ3n) is 8.89. The fourth-order valence-electron chi connectivity index (χ4n) is 6.54. The zero-order valence-electron chi connectivity index (χ0n) is 23.8. The second-order valence-corrected chi connectivity index (χ2v) is 11.5. The van der Waals surface area contributed by atoms with E-state index < -0.39 is 11.2 Å². The second-order valence-electron chi connectivity index (χ2n) is 11.5. The van der Waals surface area contributed by atoms with Crippen molar-refractivity contribution < 1.29 is 18.7 Å². The predicted molar refractivity (Wildman–Crippen MR) is 162 cm³/mol. The zero-order valence-corrected chi connectivity index (χ0v) is 23.8. The van der Waals surface area contributed by atoms with E-state index in [1.54, 1.807) is 11.1 Å². The summed E-state index contributed by atoms with van der Waals surface area (Å²) in [5, 5.41) is 5.37. The first-order valence-electron chi connectivity index (χ1n) is 15.0. The maximum Gasteiger partial charge on any atom is 0.259 e. The largest absolute Gasteiger partial charge is 0.451 e. The van der Waals surface area contributed by atoms with E-state index in [-0.39, 0.29) is 28.3 Å². The maximum atomic E-state index is 15.9. The first kappa shape index (κ1) is 26.9. The van der Waals surface area contributed by atoms with E-state index in [0.717, 1.165) is 30.3 Å². The van der Waals surface area contributed by atoms with Gasteiger partial charge in [-0.1, -0.05) is 30.7 Å². The molecular formula is C33H35FN4O4. The molecule has 3 aromatic carbocycles. The highest BCUT2D eigenvalue weighted by Crippen LogP contribution is 2.46. The van der Waals surface area contributed by atoms with Crippen LogP contribution in [0, 0.1) is 5.82 Å². The number of anilines is 1. The monoisotopic (exact) mass is 570 g/mol. The molecule has 1 atom stereocenters. The van der Waals surface area contributed by atoms with Crippen molar-refractivity contribution in [3.05, 3.63) is 70.3 Å². The van der Waals surface area contributed by atoms with Crippen molar-refractivity contribution in [2.24, 2.45) is 0 Å². The molecule has 3 aliphatic rings. The highest BCUT2D eigenvalue weighted by atomic mass is 19.1. The Hall–Kier alpha value is -3.95. The van der Waals surface area contributed by atoms with Crippen molar-refractivity contribution in [2.75, 3.05) is 51.3 Å². The first-order valence-corrected chi connectivity index (χ1v) is 15.0. The Morgan fingerprint density at radius 3 is 2.64 bits per heavy atom. The molecule has 1 N–H and O–H groups in total. The number of likely N-dealkylation sites (tertiary alicyclic amines) is 1. The summed E-state index contributed by atoms with van der Waals surface area (Å²) in [5.41, 5.74) is 0.880. The van der Waals surface area contributed by atoms with Crippen LogP contribution in [0.5, 0.6) is 11.5 Å². The molecule has 4 aromatic rings. The molecule has 2 saturated heterocycles. The van der Waals surface area contributed by atoms with Crippen LogP contribution in [0.25, 0.3) is 27.4 Å². The number of benzene rings is 3. The van der Waals surface area contributed by atoms with Gasteiger partial charge in [-0.15, -0.1) is 0 Å². The van der Waals surface area contributed by atoms with E-state index in [1.165, 1.54) is 25.3 Å². The molecule has 8 nitrogen and oxygen atoms in total. The lowest BCUT2D eigenvalue weighted by molar-refractivity contribution is 0.0302. The summed E-state index contributed by atoms with van der Waals surface area (Å²) in [6.07, 6.45) is 6.16. The van der Waals surface area contributed by atoms with Gasteiger partial charge in [0, 0.05) is 38.4 Å². The van der Waals surface area contributed by atoms with Crippen molar-refractivity contribution >= 4 is 33.3 Å². The van der Waals surface area contributed by atoms with Crippen LogP contribution < -0.4 is 15.5 Å². The van der Waals surface area contributed by atoms with Gasteiger partial charge in [0.1, 0.15) is 16.8 Å². The van der Waals surface area contributed by atoms with Gasteiger partial charge in [0.2, 0.25) is 5.43 Å². The Balaban J connectivity index is 1.32. The van der Waals surface area contributed by atoms with Gasteiger partial charge in [0.15, 0.2) is 17.3 Å². The van der Waals surface area contributed by atoms with Crippen LogP contribution in [0.3, 0.4) is 0 Å². The summed E-state index contributed by atoms with van der Waals surface area (Å²) >= 11 is 0. The van der Waals surface area contributed by atoms with E-state index in [9.17, 15) is 9.59 Å². The number of amides is 1. The maximum absolute atomic E-state index is 15.9. The molecule has 2 fully saturated rings. The minimum atomic E-state index is -0.576. The predicted octanol–water partition coefficient (Wildman–Crippen LogP) is 5.54. The van der Waals surface area contributed by atoms with Crippen LogP contribution in [0.1, 0.15) is 43.0 Å². The number of pyridine rings is 1. The number of rotatable bonds is 6. The molecule has 0 aliphatic carbocycles. The smallest absolute Gasteiger partial charge is 0.259 e. The highest BCUT2D eigenvalue weighted by molar-refractivity contribution is 6.02. The molecule has 1 aromatic heterocycles. The number of carbonyl (C=O) groups excluding carboxylic acids is 1. The number of fused-ring (bicyclic) bond motifs is 3. The lowest BCUT2D eigenvalue weighted by atomic mass is 10.0. The van der Waals surface area contributed by atoms with E-state index in [0.29, 0.717) is 55.8 Å². The van der Waals surface area contributed by atoms with E-state index in [4.69, 9.17) is 9.47 Å². The zero-order chi connectivity index (χ0) is 28.8. The Bertz CT molecular complexity index is 1750. The number of nitrogens with one attached hydrogen (secondary N) is 1. The molecule has 0 saturated carbocycles. The minimum Gasteiger partial charge on any atom is -0.451 e. The number of halogens is 1. The summed E-state index contributed by atoms with van der Waals surface area (Å²) in [7, 11) is 0. The van der Waals surface area contributed by atoms with Crippen LogP contribution in [0.2, 0.25) is 0 Å². The van der Waals surface area contributed by atoms with Gasteiger partial charge < -0.3 is 29.2 Å². The van der Waals surface area contributed by atoms with Gasteiger partial charge >= 0.3 is 0 Å². The lowest BCUT2D eigenvalue weighted by Crippen LogP contribution is -2.42. The number of aromatic nitrogens is 1. The molecule has 7 rings (SSSR count). The summed E-state index contributed by atoms with van der Waals surface area (Å²) in [6, 6.07) is 13.6. The summed E-state index contributed by atoms with van der Waals surface area (Å²) in [4.78, 5) is 31.4. The van der Waals surface area contributed by atoms with Gasteiger partial charge in [0.05, 0.1) is 24.3 Å². The van der Waals surface area contributed by atoms with Gasteiger partial charge in [-0.05, 0) is 61.7 Å². The van der Waals surface area contributed by atoms with E-state index in [2.05, 4.69) is 17.1 Å². The van der Waals surface area contributed by atoms with Crippen LogP contribution >= 0.6 is 0 Å². The van der Waals surface area contributed by atoms with Crippen molar-refractivity contribution in [3.8, 4) is 17.2 Å². The number of nitrogens with zero attached hydrogens (tertiary/aromatic N) is 3. The van der Waals surface area contributed by atoms with Crippen molar-refractivity contribution in [3.63, 3.8) is 0 Å². The Morgan fingerprint density at radius 2 is 1.86 bits per heavy atom. The molecule has 0 radical (unpaired) electrons. The Morgan fingerprint density at radius 1 is 1.07 bits per heavy atom. The quantitative estimate of drug-likeness (QED) is 0.270. The molecule has 42 heavy (non-hydrogen) atoms. The first-order chi connectivity index (χ1) is 20.5. The average molecular weight is 571 g/mol. The van der Waals surface area contributed by atoms with Gasteiger partial charge in [-0.2, -0.15) is 0 Å². The molecule has 4 heterocycles. The Kier molecular flexibility index (Phi) is 7.07. The molecule has 1 amide bonds. The number of hydrogen-bond donors (Lipinski definition) is 1. The van der Waals surface area contributed by atoms with Gasteiger partial charge in [-0.3, -0.25) is 9.59 Å². The third kappa shape index (κ3) is 4.70. The van der Waals surface area contributed by atoms with Crippen molar-refractivity contribution in [1.29, 1.82) is 0 Å². The van der Waals surface area contributed by atoms with Crippen molar-refractivity contribution in [2.45, 2.75) is 38.6 Å². The van der Waals surface area contributed by atoms with Gasteiger partial charge in [0.25, 0.3) is 5.91 Å². The number of carbonyl (C=O) groups is 1. The fourth-order valence-corrected chi connectivity index (χ4v) is 6.54. The minimum absolute atomic E-state index is 0.00659. The van der Waals surface area contributed by atoms with Crippen LogP contribution in [-0.2, 0) is 4.74 Å². The van der Waals surface area contributed by atoms with Crippen LogP contribution in [0.15, 0.2) is 53.5 Å². The Labute approximate surface area is 243 Å². The fraction of sp³-hybridized carbons (Fsp3) is 0.394. The van der Waals surface area contributed by atoms with Crippen LogP contribution in [-0.4, -0.2) is 72.3 Å². The van der Waals surface area contributed by atoms with Gasteiger partial charge in [-0.25, -0.2) is 4.39 Å². The molecule has 0 spiro atoms. The van der Waals surface area contributed by atoms with Crippen LogP contribution in [0.4, 0.5) is 10.1 Å². The molecule has 0 bridgehead atoms. The van der Waals surface area contributed by atoms with E-state index in [1.807, 2.05) is 41.0 Å². The molecule has 1 unspecified atom stereocenters. The number of ether oxygens (including phenoxy) is 2. The molecular weight excluding hydrogens is 535 g/mol. The molecule has 218 valence electrons. The summed E-state index contributed by atoms with van der Waals surface area (Å²) in [6.45, 7) is 6.50. The van der Waals surface area contributed by atoms with Crippen molar-refractivity contribution in [1.82, 2.24) is 14.4 Å². The lowest BCUT2D eigenvalue weighted by Gasteiger charge is -2.33. The third-order valence-corrected chi connectivity index (χ3v) is 8.89. The second kappa shape index (κ2) is 11.0. The summed E-state index contributed by atoms with van der Waals surface area (Å²) in [5.74, 6) is -0.153. The van der Waals surface area contributed by atoms with E-state index >= 15 is 4.39 Å². The SMILES string of the molecule is CC1CCCCN1CCCNc1c(F)cc2c(=O)c(C(=O)N3CCOCC3)cn3c2c1Oc1cc2ccccc2cc1-3. The average Bonchev–Trinajstić information content (AvgIpc) is 3.01. The standard InChI is InChI=1S/C33H35FN4O4/c1-21-7-4-5-11-36(21)12-6-10-35-29-26(34)19-24-30-32(29)42-28-18-23-9-3-2-8-22(23)17-27(28)38(30)20-25(31(24)39)33(40)37-13-15-41-16-14-37/h2-3,8-9,17-21,35H,4-7,10-16H2,1H3. The normalized spacial score (nSPS) is 18.6. The number of hydrogen-bond acceptors (Lipinski definition) is 6. The topological polar surface area (TPSA) is 76.0 Å². The number of morpholine rings is 1. The number of piperidine rings is 1. The molecule has 3 aliphatic heterocycles. The summed E-state index contributed by atoms with van der Waals surface area (Å²) < 4.78 is 29.5. The highest BCUT2D eigenvalue weighted by Gasteiger charge is 2.30. The molecule has 9 heteroatoms.